The number of allylic oxidation sites excluding steroid dienone is 1. The van der Waals surface area contributed by atoms with Crippen molar-refractivity contribution in [2.45, 2.75) is 25.3 Å². The molecule has 3 unspecified atom stereocenters. The average Bonchev–Trinajstić information content (AvgIpc) is 3.25. The summed E-state index contributed by atoms with van der Waals surface area (Å²) in [6.07, 6.45) is 6.86. The Labute approximate surface area is 144 Å². The van der Waals surface area contributed by atoms with Crippen LogP contribution in [0.15, 0.2) is 42.5 Å². The Bertz CT molecular complexity index is 772. The van der Waals surface area contributed by atoms with Gasteiger partial charge < -0.3 is 15.2 Å². The number of rotatable bonds is 5. The second-order valence-electron chi connectivity index (χ2n) is 6.26. The minimum Gasteiger partial charge on any atom is -0.492 e. The average molecular weight is 342 g/mol. The first-order valence-electron chi connectivity index (χ1n) is 8.06. The van der Waals surface area contributed by atoms with Crippen molar-refractivity contribution in [3.05, 3.63) is 47.4 Å². The molecule has 0 radical (unpaired) electrons. The van der Waals surface area contributed by atoms with Crippen molar-refractivity contribution in [2.24, 2.45) is 11.8 Å². The number of benzene rings is 1. The molecule has 1 aromatic carbocycles. The maximum atomic E-state index is 12.0. The highest BCUT2D eigenvalue weighted by molar-refractivity contribution is 7.16. The van der Waals surface area contributed by atoms with Gasteiger partial charge >= 0.3 is 5.97 Å². The minimum atomic E-state index is -0.408. The van der Waals surface area contributed by atoms with E-state index in [1.54, 1.807) is 24.3 Å². The van der Waals surface area contributed by atoms with Crippen LogP contribution in [0.5, 0.6) is 11.6 Å². The number of esters is 1. The third-order valence-electron chi connectivity index (χ3n) is 4.54. The number of para-hydroxylation sites is 1. The van der Waals surface area contributed by atoms with Crippen LogP contribution in [-0.4, -0.2) is 22.1 Å². The van der Waals surface area contributed by atoms with E-state index in [0.717, 1.165) is 6.42 Å². The monoisotopic (exact) mass is 342 g/mol. The van der Waals surface area contributed by atoms with E-state index in [2.05, 4.69) is 22.5 Å². The third-order valence-corrected chi connectivity index (χ3v) is 5.52. The number of carbonyl (C=O) groups is 1. The molecule has 2 aliphatic rings. The lowest BCUT2D eigenvalue weighted by molar-refractivity contribution is -0.133. The SMILES string of the molecule is O=C(Cc1sc(NC2CC3C=CC2C3)nc1O)Oc1ccccc1. The molecule has 4 rings (SSSR count). The molecule has 2 aliphatic carbocycles. The molecule has 24 heavy (non-hydrogen) atoms. The first-order valence-corrected chi connectivity index (χ1v) is 8.88. The van der Waals surface area contributed by atoms with Crippen molar-refractivity contribution in [1.82, 2.24) is 4.98 Å². The van der Waals surface area contributed by atoms with Crippen LogP contribution in [0.1, 0.15) is 17.7 Å². The number of nitrogens with zero attached hydrogens (tertiary/aromatic N) is 1. The van der Waals surface area contributed by atoms with Gasteiger partial charge in [-0.3, -0.25) is 4.79 Å². The first-order chi connectivity index (χ1) is 11.7. The molecule has 1 heterocycles. The predicted octanol–water partition coefficient (Wildman–Crippen LogP) is 3.37. The highest BCUT2D eigenvalue weighted by Gasteiger charge is 2.36. The van der Waals surface area contributed by atoms with Gasteiger partial charge in [0.15, 0.2) is 5.13 Å². The van der Waals surface area contributed by atoms with Crippen molar-refractivity contribution >= 4 is 22.4 Å². The lowest BCUT2D eigenvalue weighted by atomic mass is 10.0. The van der Waals surface area contributed by atoms with Crippen LogP contribution in [0.25, 0.3) is 0 Å². The maximum absolute atomic E-state index is 12.0. The fourth-order valence-electron chi connectivity index (χ4n) is 3.41. The number of aromatic nitrogens is 1. The van der Waals surface area contributed by atoms with Crippen molar-refractivity contribution < 1.29 is 14.6 Å². The van der Waals surface area contributed by atoms with Crippen molar-refractivity contribution in [3.63, 3.8) is 0 Å². The molecule has 5 nitrogen and oxygen atoms in total. The Balaban J connectivity index is 1.38. The van der Waals surface area contributed by atoms with E-state index in [1.807, 2.05) is 6.07 Å². The smallest absolute Gasteiger partial charge is 0.316 e. The molecule has 1 fully saturated rings. The number of thiazole rings is 1. The zero-order valence-corrected chi connectivity index (χ0v) is 13.8. The summed E-state index contributed by atoms with van der Waals surface area (Å²) in [6.45, 7) is 0. The molecule has 0 saturated heterocycles. The standard InChI is InChI=1S/C18H18N2O3S/c21-16(23-13-4-2-1-3-5-13)10-15-17(22)20-18(24-15)19-14-9-11-6-7-12(14)8-11/h1-7,11-12,14,22H,8-10H2,(H,19,20). The maximum Gasteiger partial charge on any atom is 0.316 e. The summed E-state index contributed by atoms with van der Waals surface area (Å²) in [6, 6.07) is 9.28. The van der Waals surface area contributed by atoms with E-state index in [1.165, 1.54) is 17.8 Å². The number of nitrogens with one attached hydrogen (secondary N) is 1. The number of anilines is 1. The zero-order chi connectivity index (χ0) is 16.5. The second-order valence-corrected chi connectivity index (χ2v) is 7.34. The zero-order valence-electron chi connectivity index (χ0n) is 13.0. The molecule has 0 amide bonds. The van der Waals surface area contributed by atoms with Gasteiger partial charge in [-0.05, 0) is 36.8 Å². The second kappa shape index (κ2) is 6.28. The molecule has 124 valence electrons. The minimum absolute atomic E-state index is 0.0106. The first kappa shape index (κ1) is 15.2. The van der Waals surface area contributed by atoms with E-state index in [-0.39, 0.29) is 12.3 Å². The van der Waals surface area contributed by atoms with Gasteiger partial charge in [-0.15, -0.1) is 0 Å². The molecule has 1 saturated carbocycles. The van der Waals surface area contributed by atoms with Gasteiger partial charge in [-0.2, -0.15) is 4.98 Å². The number of hydrogen-bond donors (Lipinski definition) is 2. The summed E-state index contributed by atoms with van der Waals surface area (Å²) in [4.78, 5) is 16.7. The van der Waals surface area contributed by atoms with Gasteiger partial charge in [0.2, 0.25) is 5.88 Å². The number of fused-ring (bicyclic) bond motifs is 2. The third kappa shape index (κ3) is 3.14. The summed E-state index contributed by atoms with van der Waals surface area (Å²) in [5.74, 6) is 1.22. The van der Waals surface area contributed by atoms with E-state index in [0.29, 0.717) is 33.6 Å². The molecule has 3 atom stereocenters. The highest BCUT2D eigenvalue weighted by atomic mass is 32.1. The van der Waals surface area contributed by atoms with Crippen LogP contribution in [-0.2, 0) is 11.2 Å². The van der Waals surface area contributed by atoms with E-state index in [9.17, 15) is 9.90 Å². The molecular weight excluding hydrogens is 324 g/mol. The fraction of sp³-hybridized carbons (Fsp3) is 0.333. The molecule has 2 N–H and O–H groups in total. The Hall–Kier alpha value is -2.34. The van der Waals surface area contributed by atoms with Crippen LogP contribution >= 0.6 is 11.3 Å². The van der Waals surface area contributed by atoms with Gasteiger partial charge in [0.1, 0.15) is 5.75 Å². The van der Waals surface area contributed by atoms with E-state index < -0.39 is 5.97 Å². The molecule has 0 spiro atoms. The lowest BCUT2D eigenvalue weighted by Gasteiger charge is -2.18. The van der Waals surface area contributed by atoms with Crippen LogP contribution in [0, 0.1) is 11.8 Å². The Morgan fingerprint density at radius 1 is 1.29 bits per heavy atom. The topological polar surface area (TPSA) is 71.5 Å². The highest BCUT2D eigenvalue weighted by Crippen LogP contribution is 2.41. The molecule has 2 bridgehead atoms. The fourth-order valence-corrected chi connectivity index (χ4v) is 4.32. The van der Waals surface area contributed by atoms with Gasteiger partial charge in [-0.25, -0.2) is 0 Å². The van der Waals surface area contributed by atoms with Crippen molar-refractivity contribution in [3.8, 4) is 11.6 Å². The molecule has 2 aromatic rings. The van der Waals surface area contributed by atoms with E-state index >= 15 is 0 Å². The predicted molar refractivity (Wildman–Crippen MR) is 92.3 cm³/mol. The summed E-state index contributed by atoms with van der Waals surface area (Å²) >= 11 is 1.32. The van der Waals surface area contributed by atoms with Crippen LogP contribution in [0.2, 0.25) is 0 Å². The van der Waals surface area contributed by atoms with Gasteiger partial charge in [0.25, 0.3) is 0 Å². The lowest BCUT2D eigenvalue weighted by Crippen LogP contribution is -2.23. The van der Waals surface area contributed by atoms with Crippen molar-refractivity contribution in [1.29, 1.82) is 0 Å². The van der Waals surface area contributed by atoms with Gasteiger partial charge in [-0.1, -0.05) is 41.7 Å². The van der Waals surface area contributed by atoms with Gasteiger partial charge in [0.05, 0.1) is 11.3 Å². The number of aromatic hydroxyl groups is 1. The summed E-state index contributed by atoms with van der Waals surface area (Å²) in [5.41, 5.74) is 0. The Morgan fingerprint density at radius 3 is 2.83 bits per heavy atom. The van der Waals surface area contributed by atoms with Crippen LogP contribution in [0.3, 0.4) is 0 Å². The summed E-state index contributed by atoms with van der Waals surface area (Å²) in [5, 5.41) is 14.1. The van der Waals surface area contributed by atoms with Crippen LogP contribution in [0.4, 0.5) is 5.13 Å². The largest absolute Gasteiger partial charge is 0.492 e. The number of carbonyl (C=O) groups excluding carboxylic acids is 1. The molecule has 0 aliphatic heterocycles. The van der Waals surface area contributed by atoms with Gasteiger partial charge in [0, 0.05) is 6.04 Å². The Kier molecular flexibility index (Phi) is 3.98. The quantitative estimate of drug-likeness (QED) is 0.495. The van der Waals surface area contributed by atoms with Crippen molar-refractivity contribution in [2.75, 3.05) is 5.32 Å². The summed E-state index contributed by atoms with van der Waals surface area (Å²) in [7, 11) is 0. The van der Waals surface area contributed by atoms with Crippen LogP contribution < -0.4 is 10.1 Å². The normalized spacial score (nSPS) is 24.2. The number of hydrogen-bond acceptors (Lipinski definition) is 6. The number of ether oxygens (including phenoxy) is 1. The van der Waals surface area contributed by atoms with E-state index in [4.69, 9.17) is 4.74 Å². The molecule has 1 aromatic heterocycles. The molecule has 6 heteroatoms. The molecular formula is C18H18N2O3S. The Morgan fingerprint density at radius 2 is 2.12 bits per heavy atom. The summed E-state index contributed by atoms with van der Waals surface area (Å²) < 4.78 is 5.26.